The molecule has 0 saturated carbocycles. The first-order valence-electron chi connectivity index (χ1n) is 6.09. The lowest BCUT2D eigenvalue weighted by Crippen LogP contribution is -2.41. The zero-order valence-electron chi connectivity index (χ0n) is 11.1. The van der Waals surface area contributed by atoms with Gasteiger partial charge in [-0.05, 0) is 41.4 Å². The number of hydrogen-bond donors (Lipinski definition) is 1. The lowest BCUT2D eigenvalue weighted by atomic mass is 10.2. The van der Waals surface area contributed by atoms with E-state index in [9.17, 15) is 12.8 Å². The zero-order chi connectivity index (χ0) is 15.1. The van der Waals surface area contributed by atoms with Crippen molar-refractivity contribution in [2.24, 2.45) is 0 Å². The number of ether oxygens (including phenoxy) is 1. The quantitative estimate of drug-likeness (QED) is 0.830. The van der Waals surface area contributed by atoms with Crippen LogP contribution in [0.3, 0.4) is 0 Å². The highest BCUT2D eigenvalue weighted by atomic mass is 79.9. The molecular weight excluding hydrogens is 351 g/mol. The van der Waals surface area contributed by atoms with Crippen molar-refractivity contribution in [2.75, 3.05) is 19.4 Å². The van der Waals surface area contributed by atoms with E-state index in [0.717, 1.165) is 12.1 Å². The molecule has 1 aliphatic rings. The first-order valence-corrected chi connectivity index (χ1v) is 8.32. The Bertz CT molecular complexity index is 623. The topological polar surface area (TPSA) is 72.6 Å². The van der Waals surface area contributed by atoms with Gasteiger partial charge in [-0.2, -0.15) is 4.31 Å². The highest BCUT2D eigenvalue weighted by Crippen LogP contribution is 2.31. The van der Waals surface area contributed by atoms with Crippen molar-refractivity contribution < 1.29 is 17.5 Å². The van der Waals surface area contributed by atoms with E-state index in [0.29, 0.717) is 13.0 Å². The van der Waals surface area contributed by atoms with Gasteiger partial charge in [0.05, 0.1) is 22.7 Å². The van der Waals surface area contributed by atoms with Crippen LogP contribution in [0.2, 0.25) is 0 Å². The second-order valence-electron chi connectivity index (χ2n) is 4.76. The highest BCUT2D eigenvalue weighted by Gasteiger charge is 2.36. The predicted octanol–water partition coefficient (Wildman–Crippen LogP) is 1.97. The van der Waals surface area contributed by atoms with E-state index >= 15 is 0 Å². The summed E-state index contributed by atoms with van der Waals surface area (Å²) >= 11 is 3.08. The summed E-state index contributed by atoms with van der Waals surface area (Å²) in [5.74, 6) is -0.656. The number of nitrogens with two attached hydrogens (primary N) is 1. The molecular formula is C12H16BrFN2O3S. The van der Waals surface area contributed by atoms with Crippen LogP contribution >= 0.6 is 15.9 Å². The number of rotatable bonds is 3. The number of anilines is 1. The molecule has 5 nitrogen and oxygen atoms in total. The molecule has 0 aliphatic carbocycles. The standard InChI is InChI=1S/C12H16BrFN2O3S/c1-7-11(3-4-19-7)16(2)20(17,18)12-6-10(15)9(14)5-8(12)13/h5-7,11H,3-4,15H2,1-2H3. The molecule has 0 bridgehead atoms. The number of likely N-dealkylation sites (N-methyl/N-ethyl adjacent to an activating group) is 1. The summed E-state index contributed by atoms with van der Waals surface area (Å²) in [6, 6.07) is 1.95. The Morgan fingerprint density at radius 2 is 2.15 bits per heavy atom. The van der Waals surface area contributed by atoms with Crippen LogP contribution in [0.5, 0.6) is 0 Å². The maximum Gasteiger partial charge on any atom is 0.244 e. The Kier molecular flexibility index (Phi) is 4.38. The average Bonchev–Trinajstić information content (AvgIpc) is 2.78. The van der Waals surface area contributed by atoms with E-state index in [2.05, 4.69) is 15.9 Å². The van der Waals surface area contributed by atoms with Crippen LogP contribution in [0.15, 0.2) is 21.5 Å². The van der Waals surface area contributed by atoms with Gasteiger partial charge in [-0.25, -0.2) is 12.8 Å². The van der Waals surface area contributed by atoms with Crippen LogP contribution in [0.4, 0.5) is 10.1 Å². The molecule has 0 amide bonds. The first-order chi connectivity index (χ1) is 9.25. The molecule has 0 aromatic heterocycles. The van der Waals surface area contributed by atoms with Crippen LogP contribution in [-0.2, 0) is 14.8 Å². The summed E-state index contributed by atoms with van der Waals surface area (Å²) in [6.07, 6.45) is 0.455. The minimum Gasteiger partial charge on any atom is -0.396 e. The fraction of sp³-hybridized carbons (Fsp3) is 0.500. The smallest absolute Gasteiger partial charge is 0.244 e. The van der Waals surface area contributed by atoms with Crippen molar-refractivity contribution in [3.63, 3.8) is 0 Å². The lowest BCUT2D eigenvalue weighted by Gasteiger charge is -2.26. The molecule has 112 valence electrons. The first kappa shape index (κ1) is 15.7. The zero-order valence-corrected chi connectivity index (χ0v) is 13.5. The summed E-state index contributed by atoms with van der Waals surface area (Å²) in [6.45, 7) is 2.36. The van der Waals surface area contributed by atoms with Crippen molar-refractivity contribution in [1.29, 1.82) is 0 Å². The number of benzene rings is 1. The van der Waals surface area contributed by atoms with Crippen LogP contribution in [0.1, 0.15) is 13.3 Å². The van der Waals surface area contributed by atoms with Gasteiger partial charge in [0.25, 0.3) is 0 Å². The van der Waals surface area contributed by atoms with E-state index < -0.39 is 15.8 Å². The monoisotopic (exact) mass is 366 g/mol. The van der Waals surface area contributed by atoms with Crippen LogP contribution in [-0.4, -0.2) is 38.5 Å². The molecule has 1 aromatic carbocycles. The molecule has 0 spiro atoms. The van der Waals surface area contributed by atoms with Crippen LogP contribution in [0.25, 0.3) is 0 Å². The fourth-order valence-corrected chi connectivity index (χ4v) is 4.73. The second-order valence-corrected chi connectivity index (χ2v) is 7.58. The lowest BCUT2D eigenvalue weighted by molar-refractivity contribution is 0.102. The number of halogens is 2. The van der Waals surface area contributed by atoms with Gasteiger partial charge in [-0.15, -0.1) is 0 Å². The van der Waals surface area contributed by atoms with Gasteiger partial charge < -0.3 is 10.5 Å². The molecule has 0 radical (unpaired) electrons. The minimum absolute atomic E-state index is 0.0435. The number of sulfonamides is 1. The van der Waals surface area contributed by atoms with E-state index in [-0.39, 0.29) is 27.2 Å². The van der Waals surface area contributed by atoms with E-state index in [1.807, 2.05) is 6.92 Å². The van der Waals surface area contributed by atoms with Crippen LogP contribution in [0, 0.1) is 5.82 Å². The van der Waals surface area contributed by atoms with Gasteiger partial charge in [0.15, 0.2) is 0 Å². The van der Waals surface area contributed by atoms with E-state index in [4.69, 9.17) is 10.5 Å². The molecule has 2 atom stereocenters. The van der Waals surface area contributed by atoms with Gasteiger partial charge in [0.2, 0.25) is 10.0 Å². The van der Waals surface area contributed by atoms with Crippen molar-refractivity contribution in [1.82, 2.24) is 4.31 Å². The largest absolute Gasteiger partial charge is 0.396 e. The summed E-state index contributed by atoms with van der Waals surface area (Å²) in [7, 11) is -2.27. The second kappa shape index (κ2) is 5.59. The summed E-state index contributed by atoms with van der Waals surface area (Å²) < 4.78 is 45.4. The van der Waals surface area contributed by atoms with Gasteiger partial charge in [0, 0.05) is 18.1 Å². The molecule has 20 heavy (non-hydrogen) atoms. The van der Waals surface area contributed by atoms with E-state index in [1.54, 1.807) is 0 Å². The Hall–Kier alpha value is -0.700. The Morgan fingerprint density at radius 3 is 2.70 bits per heavy atom. The molecule has 1 aromatic rings. The predicted molar refractivity (Wildman–Crippen MR) is 77.3 cm³/mol. The third-order valence-electron chi connectivity index (χ3n) is 3.51. The van der Waals surface area contributed by atoms with Gasteiger partial charge in [-0.3, -0.25) is 0 Å². The Balaban J connectivity index is 2.42. The van der Waals surface area contributed by atoms with E-state index in [1.165, 1.54) is 11.4 Å². The normalized spacial score (nSPS) is 23.4. The Labute approximate surface area is 126 Å². The molecule has 2 unspecified atom stereocenters. The van der Waals surface area contributed by atoms with Crippen molar-refractivity contribution in [3.05, 3.63) is 22.4 Å². The number of nitrogens with zero attached hydrogens (tertiary/aromatic N) is 1. The van der Waals surface area contributed by atoms with Gasteiger partial charge >= 0.3 is 0 Å². The number of nitrogen functional groups attached to an aromatic ring is 1. The molecule has 1 fully saturated rings. The summed E-state index contributed by atoms with van der Waals surface area (Å²) in [5.41, 5.74) is 5.27. The SMILES string of the molecule is CC1OCCC1N(C)S(=O)(=O)c1cc(N)c(F)cc1Br. The molecule has 1 heterocycles. The molecule has 1 aliphatic heterocycles. The van der Waals surface area contributed by atoms with Crippen LogP contribution < -0.4 is 5.73 Å². The van der Waals surface area contributed by atoms with Crippen molar-refractivity contribution in [2.45, 2.75) is 30.4 Å². The van der Waals surface area contributed by atoms with Gasteiger partial charge in [0.1, 0.15) is 5.82 Å². The molecule has 2 rings (SSSR count). The highest BCUT2D eigenvalue weighted by molar-refractivity contribution is 9.10. The maximum atomic E-state index is 13.3. The molecule has 1 saturated heterocycles. The maximum absolute atomic E-state index is 13.3. The third kappa shape index (κ3) is 2.69. The Morgan fingerprint density at radius 1 is 1.50 bits per heavy atom. The van der Waals surface area contributed by atoms with Crippen molar-refractivity contribution >= 4 is 31.6 Å². The third-order valence-corrected chi connectivity index (χ3v) is 6.35. The summed E-state index contributed by atoms with van der Waals surface area (Å²) in [5, 5.41) is 0. The molecule has 2 N–H and O–H groups in total. The fourth-order valence-electron chi connectivity index (χ4n) is 2.27. The van der Waals surface area contributed by atoms with Gasteiger partial charge in [-0.1, -0.05) is 0 Å². The molecule has 8 heteroatoms. The minimum atomic E-state index is -3.77. The average molecular weight is 367 g/mol. The summed E-state index contributed by atoms with van der Waals surface area (Å²) in [4.78, 5) is -0.0435. The number of hydrogen-bond acceptors (Lipinski definition) is 4. The van der Waals surface area contributed by atoms with Crippen molar-refractivity contribution in [3.8, 4) is 0 Å².